The molecule has 0 fully saturated rings. The van der Waals surface area contributed by atoms with Gasteiger partial charge in [0.15, 0.2) is 5.69 Å². The molecule has 0 amide bonds. The SMILES string of the molecule is [C-]#[N+]c1ccc(Oc2cccc(CO)c2)cc1. The molecule has 0 saturated carbocycles. The standard InChI is InChI=1S/C14H11NO2/c1-15-12-5-7-13(8-6-12)17-14-4-2-3-11(9-14)10-16/h2-9,16H,10H2. The molecule has 0 heterocycles. The molecular weight excluding hydrogens is 214 g/mol. The summed E-state index contributed by atoms with van der Waals surface area (Å²) >= 11 is 0. The van der Waals surface area contributed by atoms with Gasteiger partial charge in [-0.15, -0.1) is 0 Å². The molecule has 0 spiro atoms. The first-order valence-corrected chi connectivity index (χ1v) is 5.17. The number of rotatable bonds is 3. The first-order chi connectivity index (χ1) is 8.31. The van der Waals surface area contributed by atoms with Crippen molar-refractivity contribution in [3.05, 3.63) is 65.5 Å². The van der Waals surface area contributed by atoms with Gasteiger partial charge < -0.3 is 9.84 Å². The van der Waals surface area contributed by atoms with Gasteiger partial charge in [0.2, 0.25) is 0 Å². The van der Waals surface area contributed by atoms with Crippen molar-refractivity contribution in [3.63, 3.8) is 0 Å². The third kappa shape index (κ3) is 2.83. The van der Waals surface area contributed by atoms with E-state index in [9.17, 15) is 0 Å². The van der Waals surface area contributed by atoms with E-state index < -0.39 is 0 Å². The normalized spacial score (nSPS) is 9.65. The Balaban J connectivity index is 2.16. The zero-order valence-electron chi connectivity index (χ0n) is 9.13. The molecule has 3 heteroatoms. The molecular formula is C14H11NO2. The van der Waals surface area contributed by atoms with E-state index in [1.165, 1.54) is 0 Å². The van der Waals surface area contributed by atoms with Crippen molar-refractivity contribution in [3.8, 4) is 11.5 Å². The van der Waals surface area contributed by atoms with Gasteiger partial charge in [-0.3, -0.25) is 0 Å². The zero-order valence-corrected chi connectivity index (χ0v) is 9.13. The maximum absolute atomic E-state index is 9.01. The summed E-state index contributed by atoms with van der Waals surface area (Å²) < 4.78 is 5.61. The van der Waals surface area contributed by atoms with E-state index >= 15 is 0 Å². The van der Waals surface area contributed by atoms with Gasteiger partial charge in [0.05, 0.1) is 13.2 Å². The van der Waals surface area contributed by atoms with Crippen LogP contribution in [0.4, 0.5) is 5.69 Å². The van der Waals surface area contributed by atoms with E-state index in [0.717, 1.165) is 5.56 Å². The van der Waals surface area contributed by atoms with Gasteiger partial charge >= 0.3 is 0 Å². The van der Waals surface area contributed by atoms with Crippen LogP contribution in [-0.4, -0.2) is 5.11 Å². The molecule has 17 heavy (non-hydrogen) atoms. The number of hydrogen-bond donors (Lipinski definition) is 1. The molecule has 2 rings (SSSR count). The topological polar surface area (TPSA) is 33.8 Å². The first kappa shape index (κ1) is 11.2. The lowest BCUT2D eigenvalue weighted by atomic mass is 10.2. The van der Waals surface area contributed by atoms with Crippen molar-refractivity contribution in [2.45, 2.75) is 6.61 Å². The molecule has 1 N–H and O–H groups in total. The summed E-state index contributed by atoms with van der Waals surface area (Å²) in [5, 5.41) is 9.01. The number of aliphatic hydroxyl groups is 1. The van der Waals surface area contributed by atoms with Crippen LogP contribution in [0.2, 0.25) is 0 Å². The minimum absolute atomic E-state index is 0.00609. The van der Waals surface area contributed by atoms with Crippen LogP contribution in [0, 0.1) is 6.57 Å². The number of aliphatic hydroxyl groups excluding tert-OH is 1. The number of hydrogen-bond acceptors (Lipinski definition) is 2. The van der Waals surface area contributed by atoms with Gasteiger partial charge in [-0.1, -0.05) is 24.3 Å². The Hall–Kier alpha value is -2.31. The lowest BCUT2D eigenvalue weighted by molar-refractivity contribution is 0.281. The molecule has 2 aromatic rings. The summed E-state index contributed by atoms with van der Waals surface area (Å²) in [5.74, 6) is 1.35. The largest absolute Gasteiger partial charge is 0.457 e. The Kier molecular flexibility index (Phi) is 3.39. The quantitative estimate of drug-likeness (QED) is 0.811. The molecule has 0 aliphatic rings. The van der Waals surface area contributed by atoms with Gasteiger partial charge in [0.1, 0.15) is 11.5 Å². The highest BCUT2D eigenvalue weighted by Gasteiger charge is 1.99. The van der Waals surface area contributed by atoms with Gasteiger partial charge in [0.25, 0.3) is 0 Å². The number of benzene rings is 2. The molecule has 0 unspecified atom stereocenters. The van der Waals surface area contributed by atoms with Crippen LogP contribution in [0.25, 0.3) is 4.85 Å². The molecule has 0 aliphatic heterocycles. The Morgan fingerprint density at radius 1 is 1.06 bits per heavy atom. The fourth-order valence-electron chi connectivity index (χ4n) is 1.43. The van der Waals surface area contributed by atoms with E-state index in [2.05, 4.69) is 4.85 Å². The molecule has 0 radical (unpaired) electrons. The van der Waals surface area contributed by atoms with Crippen molar-refractivity contribution in [2.75, 3.05) is 0 Å². The Labute approximate surface area is 99.7 Å². The molecule has 3 nitrogen and oxygen atoms in total. The average molecular weight is 225 g/mol. The molecule has 0 atom stereocenters. The molecule has 0 saturated heterocycles. The van der Waals surface area contributed by atoms with E-state index in [1.807, 2.05) is 18.2 Å². The summed E-state index contributed by atoms with van der Waals surface area (Å²) in [6, 6.07) is 14.2. The Morgan fingerprint density at radius 2 is 1.82 bits per heavy atom. The highest BCUT2D eigenvalue weighted by atomic mass is 16.5. The third-order valence-electron chi connectivity index (χ3n) is 2.28. The maximum atomic E-state index is 9.01. The summed E-state index contributed by atoms with van der Waals surface area (Å²) in [6.45, 7) is 6.84. The second kappa shape index (κ2) is 5.15. The maximum Gasteiger partial charge on any atom is 0.187 e. The first-order valence-electron chi connectivity index (χ1n) is 5.17. The van der Waals surface area contributed by atoms with Crippen LogP contribution in [0.3, 0.4) is 0 Å². The van der Waals surface area contributed by atoms with E-state index in [1.54, 1.807) is 30.3 Å². The van der Waals surface area contributed by atoms with Crippen molar-refractivity contribution in [1.82, 2.24) is 0 Å². The zero-order chi connectivity index (χ0) is 12.1. The van der Waals surface area contributed by atoms with Crippen molar-refractivity contribution >= 4 is 5.69 Å². The predicted octanol–water partition coefficient (Wildman–Crippen LogP) is 3.52. The molecule has 0 aliphatic carbocycles. The van der Waals surface area contributed by atoms with E-state index in [0.29, 0.717) is 17.2 Å². The van der Waals surface area contributed by atoms with Gasteiger partial charge in [-0.05, 0) is 29.8 Å². The average Bonchev–Trinajstić information content (AvgIpc) is 2.40. The second-order valence-corrected chi connectivity index (χ2v) is 3.51. The Bertz CT molecular complexity index is 541. The summed E-state index contributed by atoms with van der Waals surface area (Å²) in [5.41, 5.74) is 1.39. The van der Waals surface area contributed by atoms with Gasteiger partial charge in [0, 0.05) is 0 Å². The number of ether oxygens (including phenoxy) is 1. The minimum atomic E-state index is -0.00609. The van der Waals surface area contributed by atoms with Crippen LogP contribution in [-0.2, 0) is 6.61 Å². The minimum Gasteiger partial charge on any atom is -0.457 e. The molecule has 2 aromatic carbocycles. The Morgan fingerprint density at radius 3 is 2.47 bits per heavy atom. The lowest BCUT2D eigenvalue weighted by Gasteiger charge is -2.06. The number of nitrogens with zero attached hydrogens (tertiary/aromatic N) is 1. The van der Waals surface area contributed by atoms with Crippen molar-refractivity contribution in [1.29, 1.82) is 0 Å². The van der Waals surface area contributed by atoms with E-state index in [-0.39, 0.29) is 6.61 Å². The smallest absolute Gasteiger partial charge is 0.187 e. The lowest BCUT2D eigenvalue weighted by Crippen LogP contribution is -1.86. The molecule has 0 aromatic heterocycles. The molecule has 0 bridgehead atoms. The van der Waals surface area contributed by atoms with Gasteiger partial charge in [-0.25, -0.2) is 4.85 Å². The third-order valence-corrected chi connectivity index (χ3v) is 2.28. The van der Waals surface area contributed by atoms with Crippen LogP contribution in [0.15, 0.2) is 48.5 Å². The summed E-state index contributed by atoms with van der Waals surface area (Å²) in [4.78, 5) is 3.31. The predicted molar refractivity (Wildman–Crippen MR) is 65.1 cm³/mol. The van der Waals surface area contributed by atoms with Crippen LogP contribution < -0.4 is 4.74 Å². The summed E-state index contributed by atoms with van der Waals surface area (Å²) in [7, 11) is 0. The van der Waals surface area contributed by atoms with Crippen molar-refractivity contribution < 1.29 is 9.84 Å². The fraction of sp³-hybridized carbons (Fsp3) is 0.0714. The fourth-order valence-corrected chi connectivity index (χ4v) is 1.43. The van der Waals surface area contributed by atoms with Gasteiger partial charge in [-0.2, -0.15) is 0 Å². The summed E-state index contributed by atoms with van der Waals surface area (Å²) in [6.07, 6.45) is 0. The van der Waals surface area contributed by atoms with E-state index in [4.69, 9.17) is 16.4 Å². The van der Waals surface area contributed by atoms with Crippen LogP contribution in [0.5, 0.6) is 11.5 Å². The highest BCUT2D eigenvalue weighted by molar-refractivity contribution is 5.47. The van der Waals surface area contributed by atoms with Crippen LogP contribution in [0.1, 0.15) is 5.56 Å². The molecule has 84 valence electrons. The monoisotopic (exact) mass is 225 g/mol. The van der Waals surface area contributed by atoms with Crippen LogP contribution >= 0.6 is 0 Å². The second-order valence-electron chi connectivity index (χ2n) is 3.51. The van der Waals surface area contributed by atoms with Crippen molar-refractivity contribution in [2.24, 2.45) is 0 Å². The highest BCUT2D eigenvalue weighted by Crippen LogP contribution is 2.24.